The normalized spacial score (nSPS) is 33.5. The quantitative estimate of drug-likeness (QED) is 0.393. The zero-order valence-electron chi connectivity index (χ0n) is 15.8. The maximum absolute atomic E-state index is 12.5. The molecule has 3 rings (SSSR count). The maximum atomic E-state index is 12.5. The van der Waals surface area contributed by atoms with E-state index in [1.165, 1.54) is 6.92 Å². The molecule has 5 atom stereocenters. The van der Waals surface area contributed by atoms with Crippen molar-refractivity contribution in [2.24, 2.45) is 29.6 Å². The van der Waals surface area contributed by atoms with E-state index in [9.17, 15) is 14.4 Å². The fourth-order valence-corrected chi connectivity index (χ4v) is 5.46. The SMILES string of the molecule is C=C(C)C(=O)OCC(=O)OCC1CC2CC1C1C(=O)OC(CC)(CC)C21. The van der Waals surface area contributed by atoms with Gasteiger partial charge in [-0.2, -0.15) is 0 Å². The molecule has 2 saturated carbocycles. The van der Waals surface area contributed by atoms with Gasteiger partial charge in [0, 0.05) is 11.5 Å². The van der Waals surface area contributed by atoms with Gasteiger partial charge in [-0.1, -0.05) is 20.4 Å². The predicted octanol–water partition coefficient (Wildman–Crippen LogP) is 2.65. The van der Waals surface area contributed by atoms with Crippen LogP contribution in [0, 0.1) is 29.6 Å². The van der Waals surface area contributed by atoms with Gasteiger partial charge in [0.05, 0.1) is 12.5 Å². The molecule has 0 spiro atoms. The Bertz CT molecular complexity index is 620. The summed E-state index contributed by atoms with van der Waals surface area (Å²) in [7, 11) is 0. The third kappa shape index (κ3) is 3.03. The number of carbonyl (C=O) groups is 3. The average molecular weight is 364 g/mol. The summed E-state index contributed by atoms with van der Waals surface area (Å²) in [4.78, 5) is 35.6. The van der Waals surface area contributed by atoms with Crippen molar-refractivity contribution in [3.63, 3.8) is 0 Å². The standard InChI is InChI=1S/C20H28O6/c1-5-20(6-2)17-12-7-13(14(8-12)16(17)19(23)26-20)9-24-15(21)10-25-18(22)11(3)4/h12-14,16-17H,3,5-10H2,1-2,4H3. The van der Waals surface area contributed by atoms with Gasteiger partial charge < -0.3 is 14.2 Å². The molecule has 5 unspecified atom stereocenters. The average Bonchev–Trinajstić information content (AvgIpc) is 3.28. The third-order valence-electron chi connectivity index (χ3n) is 6.65. The number of cyclic esters (lactones) is 1. The molecular formula is C20H28O6. The summed E-state index contributed by atoms with van der Waals surface area (Å²) in [5.74, 6) is -0.128. The topological polar surface area (TPSA) is 78.9 Å². The first-order chi connectivity index (χ1) is 12.3. The van der Waals surface area contributed by atoms with Crippen molar-refractivity contribution in [2.75, 3.05) is 13.2 Å². The van der Waals surface area contributed by atoms with E-state index in [-0.39, 0.29) is 41.5 Å². The molecule has 144 valence electrons. The van der Waals surface area contributed by atoms with Crippen molar-refractivity contribution in [3.05, 3.63) is 12.2 Å². The molecule has 26 heavy (non-hydrogen) atoms. The highest BCUT2D eigenvalue weighted by Gasteiger charge is 2.66. The van der Waals surface area contributed by atoms with Gasteiger partial charge in [-0.15, -0.1) is 0 Å². The van der Waals surface area contributed by atoms with E-state index in [1.807, 2.05) is 0 Å². The summed E-state index contributed by atoms with van der Waals surface area (Å²) < 4.78 is 15.9. The number of carbonyl (C=O) groups excluding carboxylic acids is 3. The number of hydrogen-bond acceptors (Lipinski definition) is 6. The van der Waals surface area contributed by atoms with Crippen molar-refractivity contribution in [1.82, 2.24) is 0 Å². The molecule has 0 radical (unpaired) electrons. The maximum Gasteiger partial charge on any atom is 0.344 e. The summed E-state index contributed by atoms with van der Waals surface area (Å²) in [6, 6.07) is 0. The van der Waals surface area contributed by atoms with E-state index < -0.39 is 18.5 Å². The van der Waals surface area contributed by atoms with Gasteiger partial charge in [0.25, 0.3) is 0 Å². The van der Waals surface area contributed by atoms with Crippen LogP contribution in [0.3, 0.4) is 0 Å². The molecular weight excluding hydrogens is 336 g/mol. The first-order valence-electron chi connectivity index (χ1n) is 9.54. The Hall–Kier alpha value is -1.85. The molecule has 3 fully saturated rings. The second-order valence-corrected chi connectivity index (χ2v) is 7.94. The van der Waals surface area contributed by atoms with Crippen molar-refractivity contribution in [2.45, 2.75) is 52.1 Å². The van der Waals surface area contributed by atoms with E-state index >= 15 is 0 Å². The molecule has 3 aliphatic rings. The van der Waals surface area contributed by atoms with Crippen LogP contribution in [0.2, 0.25) is 0 Å². The summed E-state index contributed by atoms with van der Waals surface area (Å²) in [5, 5.41) is 0. The van der Waals surface area contributed by atoms with E-state index in [1.54, 1.807) is 0 Å². The van der Waals surface area contributed by atoms with Crippen LogP contribution in [0.1, 0.15) is 46.5 Å². The summed E-state index contributed by atoms with van der Waals surface area (Å²) in [5.41, 5.74) is -0.0634. The molecule has 0 aromatic heterocycles. The Morgan fingerprint density at radius 2 is 1.92 bits per heavy atom. The van der Waals surface area contributed by atoms with Gasteiger partial charge in [-0.3, -0.25) is 4.79 Å². The molecule has 6 heteroatoms. The minimum absolute atomic E-state index is 0.0569. The highest BCUT2D eigenvalue weighted by Crippen LogP contribution is 2.63. The third-order valence-corrected chi connectivity index (χ3v) is 6.65. The van der Waals surface area contributed by atoms with Crippen molar-refractivity contribution < 1.29 is 28.6 Å². The molecule has 6 nitrogen and oxygen atoms in total. The summed E-state index contributed by atoms with van der Waals surface area (Å²) >= 11 is 0. The molecule has 0 aromatic carbocycles. The molecule has 0 aromatic rings. The Morgan fingerprint density at radius 1 is 1.23 bits per heavy atom. The van der Waals surface area contributed by atoms with Gasteiger partial charge in [-0.25, -0.2) is 9.59 Å². The van der Waals surface area contributed by atoms with Gasteiger partial charge >= 0.3 is 17.9 Å². The van der Waals surface area contributed by atoms with Crippen LogP contribution < -0.4 is 0 Å². The number of ether oxygens (including phenoxy) is 3. The van der Waals surface area contributed by atoms with Crippen LogP contribution in [-0.4, -0.2) is 36.7 Å². The molecule has 1 aliphatic heterocycles. The van der Waals surface area contributed by atoms with Gasteiger partial charge in [0.1, 0.15) is 5.60 Å². The monoisotopic (exact) mass is 364 g/mol. The van der Waals surface area contributed by atoms with Gasteiger partial charge in [0.15, 0.2) is 6.61 Å². The van der Waals surface area contributed by atoms with E-state index in [2.05, 4.69) is 20.4 Å². The van der Waals surface area contributed by atoms with Crippen LogP contribution in [0.4, 0.5) is 0 Å². The second-order valence-electron chi connectivity index (χ2n) is 7.94. The number of hydrogen-bond donors (Lipinski definition) is 0. The van der Waals surface area contributed by atoms with Crippen molar-refractivity contribution in [3.8, 4) is 0 Å². The Balaban J connectivity index is 1.55. The van der Waals surface area contributed by atoms with Crippen molar-refractivity contribution in [1.29, 1.82) is 0 Å². The molecule has 0 N–H and O–H groups in total. The molecule has 2 bridgehead atoms. The van der Waals surface area contributed by atoms with Crippen LogP contribution in [0.25, 0.3) is 0 Å². The van der Waals surface area contributed by atoms with Gasteiger partial charge in [-0.05, 0) is 50.4 Å². The number of fused-ring (bicyclic) bond motifs is 5. The smallest absolute Gasteiger partial charge is 0.344 e. The lowest BCUT2D eigenvalue weighted by molar-refractivity contribution is -0.158. The zero-order chi connectivity index (χ0) is 19.1. The minimum Gasteiger partial charge on any atom is -0.463 e. The molecule has 1 heterocycles. The predicted molar refractivity (Wildman–Crippen MR) is 92.8 cm³/mol. The van der Waals surface area contributed by atoms with Crippen molar-refractivity contribution >= 4 is 17.9 Å². The summed E-state index contributed by atoms with van der Waals surface area (Å²) in [6.45, 7) is 9.03. The Morgan fingerprint density at radius 3 is 2.54 bits per heavy atom. The van der Waals surface area contributed by atoms with E-state index in [0.717, 1.165) is 25.7 Å². The minimum atomic E-state index is -0.603. The lowest BCUT2D eigenvalue weighted by atomic mass is 9.67. The summed E-state index contributed by atoms with van der Waals surface area (Å²) in [6.07, 6.45) is 3.68. The number of esters is 3. The Labute approximate surface area is 154 Å². The Kier molecular flexibility index (Phi) is 5.13. The van der Waals surface area contributed by atoms with Gasteiger partial charge in [0.2, 0.25) is 0 Å². The number of rotatable bonds is 7. The van der Waals surface area contributed by atoms with Crippen LogP contribution in [0.15, 0.2) is 12.2 Å². The molecule has 1 saturated heterocycles. The zero-order valence-corrected chi connectivity index (χ0v) is 15.8. The first-order valence-corrected chi connectivity index (χ1v) is 9.54. The van der Waals surface area contributed by atoms with Crippen LogP contribution >= 0.6 is 0 Å². The van der Waals surface area contributed by atoms with Crippen LogP contribution in [-0.2, 0) is 28.6 Å². The van der Waals surface area contributed by atoms with Crippen LogP contribution in [0.5, 0.6) is 0 Å². The highest BCUT2D eigenvalue weighted by atomic mass is 16.6. The lowest BCUT2D eigenvalue weighted by Gasteiger charge is -2.37. The lowest BCUT2D eigenvalue weighted by Crippen LogP contribution is -2.40. The molecule has 2 aliphatic carbocycles. The highest BCUT2D eigenvalue weighted by molar-refractivity contribution is 5.88. The fourth-order valence-electron chi connectivity index (χ4n) is 5.46. The molecule has 0 amide bonds. The first kappa shape index (κ1) is 18.9. The van der Waals surface area contributed by atoms with E-state index in [4.69, 9.17) is 14.2 Å². The second kappa shape index (κ2) is 7.05. The fraction of sp³-hybridized carbons (Fsp3) is 0.750. The largest absolute Gasteiger partial charge is 0.463 e. The van der Waals surface area contributed by atoms with E-state index in [0.29, 0.717) is 11.8 Å².